The first-order chi connectivity index (χ1) is 9.65. The number of hydrogen-bond donors (Lipinski definition) is 2. The second-order valence-electron chi connectivity index (χ2n) is 5.04. The minimum absolute atomic E-state index is 0. The summed E-state index contributed by atoms with van der Waals surface area (Å²) in [5, 5.41) is 16.9. The quantitative estimate of drug-likeness (QED) is 0.620. The molecule has 0 bridgehead atoms. The second-order valence-corrected chi connectivity index (χ2v) is 5.04. The highest BCUT2D eigenvalue weighted by molar-refractivity contribution is 5.85. The molecule has 1 fully saturated rings. The van der Waals surface area contributed by atoms with Crippen LogP contribution in [0.2, 0.25) is 0 Å². The van der Waals surface area contributed by atoms with Crippen molar-refractivity contribution in [1.82, 2.24) is 10.6 Å². The van der Waals surface area contributed by atoms with Crippen molar-refractivity contribution >= 4 is 24.0 Å². The van der Waals surface area contributed by atoms with Gasteiger partial charge in [-0.15, -0.1) is 12.4 Å². The fourth-order valence-corrected chi connectivity index (χ4v) is 2.42. The molecule has 6 nitrogen and oxygen atoms in total. The van der Waals surface area contributed by atoms with Crippen molar-refractivity contribution in [3.63, 3.8) is 0 Å². The van der Waals surface area contributed by atoms with Crippen LogP contribution in [-0.4, -0.2) is 30.0 Å². The molecule has 1 atom stereocenters. The van der Waals surface area contributed by atoms with Crippen LogP contribution in [0.5, 0.6) is 0 Å². The zero-order chi connectivity index (χ0) is 14.4. The molecule has 0 saturated carbocycles. The zero-order valence-corrected chi connectivity index (χ0v) is 12.5. The van der Waals surface area contributed by atoms with Crippen LogP contribution >= 0.6 is 12.4 Å². The van der Waals surface area contributed by atoms with Gasteiger partial charge < -0.3 is 10.6 Å². The fraction of sp³-hybridized carbons (Fsp3) is 0.500. The molecule has 0 unspecified atom stereocenters. The Bertz CT molecular complexity index is 490. The highest BCUT2D eigenvalue weighted by Gasteiger charge is 2.14. The van der Waals surface area contributed by atoms with E-state index in [0.717, 1.165) is 13.0 Å². The molecular formula is C14H20ClN3O3. The van der Waals surface area contributed by atoms with Crippen molar-refractivity contribution in [2.24, 2.45) is 0 Å². The number of hydrogen-bond acceptors (Lipinski definition) is 4. The summed E-state index contributed by atoms with van der Waals surface area (Å²) in [6, 6.07) is 6.70. The molecule has 0 aliphatic carbocycles. The molecule has 2 rings (SSSR count). The normalized spacial score (nSPS) is 17.0. The van der Waals surface area contributed by atoms with Gasteiger partial charge in [0.1, 0.15) is 0 Å². The van der Waals surface area contributed by atoms with E-state index in [1.807, 2.05) is 0 Å². The van der Waals surface area contributed by atoms with E-state index in [0.29, 0.717) is 18.2 Å². The number of carbonyl (C=O) groups excluding carboxylic acids is 1. The molecule has 0 aromatic heterocycles. The van der Waals surface area contributed by atoms with E-state index >= 15 is 0 Å². The van der Waals surface area contributed by atoms with Crippen LogP contribution in [0.15, 0.2) is 24.3 Å². The topological polar surface area (TPSA) is 84.3 Å². The Kier molecular flexibility index (Phi) is 7.11. The van der Waals surface area contributed by atoms with E-state index in [1.54, 1.807) is 12.1 Å². The Labute approximate surface area is 129 Å². The molecule has 0 radical (unpaired) electrons. The average Bonchev–Trinajstić information content (AvgIpc) is 2.92. The van der Waals surface area contributed by atoms with Crippen LogP contribution in [0.1, 0.15) is 24.8 Å². The number of rotatable bonds is 6. The Morgan fingerprint density at radius 3 is 2.95 bits per heavy atom. The van der Waals surface area contributed by atoms with Gasteiger partial charge in [0.15, 0.2) is 0 Å². The summed E-state index contributed by atoms with van der Waals surface area (Å²) >= 11 is 0. The van der Waals surface area contributed by atoms with Gasteiger partial charge >= 0.3 is 0 Å². The minimum atomic E-state index is -0.451. The first-order valence-corrected chi connectivity index (χ1v) is 6.88. The SMILES string of the molecule is Cl.O=C(Cc1cccc([N+](=O)[O-])c1)NCC[C@H]1CCCN1. The number of halogens is 1. The molecule has 1 heterocycles. The molecule has 7 heteroatoms. The Morgan fingerprint density at radius 2 is 2.29 bits per heavy atom. The summed E-state index contributed by atoms with van der Waals surface area (Å²) in [6.07, 6.45) is 3.48. The maximum absolute atomic E-state index is 11.8. The summed E-state index contributed by atoms with van der Waals surface area (Å²) in [7, 11) is 0. The standard InChI is InChI=1S/C14H19N3O3.ClH/c18-14(16-8-6-12-4-2-7-15-12)10-11-3-1-5-13(9-11)17(19)20;/h1,3,5,9,12,15H,2,4,6-8,10H2,(H,16,18);1H/t12-;/m1./s1. The van der Waals surface area contributed by atoms with E-state index in [9.17, 15) is 14.9 Å². The maximum atomic E-state index is 11.8. The lowest BCUT2D eigenvalue weighted by Gasteiger charge is -2.10. The van der Waals surface area contributed by atoms with E-state index in [1.165, 1.54) is 25.0 Å². The average molecular weight is 314 g/mol. The van der Waals surface area contributed by atoms with E-state index in [2.05, 4.69) is 10.6 Å². The number of benzene rings is 1. The number of nitrogens with one attached hydrogen (secondary N) is 2. The summed E-state index contributed by atoms with van der Waals surface area (Å²) < 4.78 is 0. The van der Waals surface area contributed by atoms with Crippen LogP contribution in [0.4, 0.5) is 5.69 Å². The smallest absolute Gasteiger partial charge is 0.269 e. The lowest BCUT2D eigenvalue weighted by atomic mass is 10.1. The summed E-state index contributed by atoms with van der Waals surface area (Å²) in [6.45, 7) is 1.71. The van der Waals surface area contributed by atoms with E-state index < -0.39 is 4.92 Å². The van der Waals surface area contributed by atoms with Crippen molar-refractivity contribution in [3.8, 4) is 0 Å². The highest BCUT2D eigenvalue weighted by atomic mass is 35.5. The largest absolute Gasteiger partial charge is 0.356 e. The minimum Gasteiger partial charge on any atom is -0.356 e. The zero-order valence-electron chi connectivity index (χ0n) is 11.7. The number of nitro benzene ring substituents is 1. The fourth-order valence-electron chi connectivity index (χ4n) is 2.42. The number of nitrogens with zero attached hydrogens (tertiary/aromatic N) is 1. The van der Waals surface area contributed by atoms with Gasteiger partial charge in [-0.25, -0.2) is 0 Å². The summed E-state index contributed by atoms with van der Waals surface area (Å²) in [5.41, 5.74) is 0.682. The van der Waals surface area contributed by atoms with Gasteiger partial charge in [-0.1, -0.05) is 12.1 Å². The van der Waals surface area contributed by atoms with Crippen LogP contribution in [0.3, 0.4) is 0 Å². The third-order valence-electron chi connectivity index (χ3n) is 3.46. The predicted octanol–water partition coefficient (Wildman–Crippen LogP) is 1.82. The molecule has 2 N–H and O–H groups in total. The number of non-ortho nitro benzene ring substituents is 1. The second kappa shape index (κ2) is 8.59. The van der Waals surface area contributed by atoms with Crippen LogP contribution in [0.25, 0.3) is 0 Å². The Morgan fingerprint density at radius 1 is 1.48 bits per heavy atom. The van der Waals surface area contributed by atoms with Gasteiger partial charge in [0.2, 0.25) is 5.91 Å². The van der Waals surface area contributed by atoms with Crippen molar-refractivity contribution in [3.05, 3.63) is 39.9 Å². The van der Waals surface area contributed by atoms with E-state index in [-0.39, 0.29) is 30.4 Å². The predicted molar refractivity (Wildman–Crippen MR) is 82.7 cm³/mol. The highest BCUT2D eigenvalue weighted by Crippen LogP contribution is 2.13. The summed E-state index contributed by atoms with van der Waals surface area (Å²) in [5.74, 6) is -0.0940. The Hall–Kier alpha value is -1.66. The number of carbonyl (C=O) groups is 1. The molecular weight excluding hydrogens is 294 g/mol. The van der Waals surface area contributed by atoms with Crippen LogP contribution < -0.4 is 10.6 Å². The molecule has 1 amide bonds. The molecule has 0 spiro atoms. The van der Waals surface area contributed by atoms with E-state index in [4.69, 9.17) is 0 Å². The molecule has 1 saturated heterocycles. The maximum Gasteiger partial charge on any atom is 0.269 e. The van der Waals surface area contributed by atoms with Crippen molar-refractivity contribution < 1.29 is 9.72 Å². The molecule has 1 aromatic carbocycles. The van der Waals surface area contributed by atoms with Crippen molar-refractivity contribution in [2.75, 3.05) is 13.1 Å². The van der Waals surface area contributed by atoms with Gasteiger partial charge in [-0.2, -0.15) is 0 Å². The van der Waals surface area contributed by atoms with Gasteiger partial charge in [0.05, 0.1) is 11.3 Å². The Balaban J connectivity index is 0.00000220. The van der Waals surface area contributed by atoms with Gasteiger partial charge in [-0.05, 0) is 31.4 Å². The first-order valence-electron chi connectivity index (χ1n) is 6.88. The summed E-state index contributed by atoms with van der Waals surface area (Å²) in [4.78, 5) is 22.0. The van der Waals surface area contributed by atoms with Crippen molar-refractivity contribution in [1.29, 1.82) is 0 Å². The lowest BCUT2D eigenvalue weighted by molar-refractivity contribution is -0.384. The van der Waals surface area contributed by atoms with Gasteiger partial charge in [0, 0.05) is 24.7 Å². The number of amides is 1. The molecule has 1 aliphatic heterocycles. The number of nitro groups is 1. The molecule has 21 heavy (non-hydrogen) atoms. The first kappa shape index (κ1) is 17.4. The molecule has 116 valence electrons. The van der Waals surface area contributed by atoms with Crippen molar-refractivity contribution in [2.45, 2.75) is 31.7 Å². The third-order valence-corrected chi connectivity index (χ3v) is 3.46. The molecule has 1 aromatic rings. The van der Waals surface area contributed by atoms with Gasteiger partial charge in [-0.3, -0.25) is 14.9 Å². The van der Waals surface area contributed by atoms with Gasteiger partial charge in [0.25, 0.3) is 5.69 Å². The third kappa shape index (κ3) is 5.69. The van der Waals surface area contributed by atoms with Crippen LogP contribution in [-0.2, 0) is 11.2 Å². The van der Waals surface area contributed by atoms with Crippen LogP contribution in [0, 0.1) is 10.1 Å². The lowest BCUT2D eigenvalue weighted by Crippen LogP contribution is -2.31. The molecule has 1 aliphatic rings. The monoisotopic (exact) mass is 313 g/mol.